The minimum atomic E-state index is -0.398. The molecule has 1 unspecified atom stereocenters. The highest BCUT2D eigenvalue weighted by molar-refractivity contribution is 6.01. The van der Waals surface area contributed by atoms with Crippen LogP contribution in [0.1, 0.15) is 43.6 Å². The predicted octanol–water partition coefficient (Wildman–Crippen LogP) is 1.62. The molecule has 1 aromatic heterocycles. The summed E-state index contributed by atoms with van der Waals surface area (Å²) in [6, 6.07) is 1.81. The molecule has 1 aliphatic rings. The number of piperidine rings is 1. The van der Waals surface area contributed by atoms with Gasteiger partial charge in [0.2, 0.25) is 5.78 Å². The van der Waals surface area contributed by atoms with Gasteiger partial charge in [0.05, 0.1) is 5.54 Å². The van der Waals surface area contributed by atoms with Gasteiger partial charge in [-0.2, -0.15) is 5.10 Å². The van der Waals surface area contributed by atoms with E-state index in [2.05, 4.69) is 10.4 Å². The Balaban J connectivity index is 2.24. The van der Waals surface area contributed by atoms with E-state index < -0.39 is 5.54 Å². The first-order chi connectivity index (χ1) is 7.67. The van der Waals surface area contributed by atoms with Gasteiger partial charge >= 0.3 is 0 Å². The Morgan fingerprint density at radius 1 is 1.62 bits per heavy atom. The van der Waals surface area contributed by atoms with E-state index in [9.17, 15) is 4.79 Å². The number of carbonyl (C=O) groups is 1. The zero-order valence-electron chi connectivity index (χ0n) is 9.99. The number of nitrogens with zero attached hydrogens (tertiary/aromatic N) is 2. The van der Waals surface area contributed by atoms with Crippen LogP contribution in [0.15, 0.2) is 12.3 Å². The molecule has 0 spiro atoms. The number of aryl methyl sites for hydroxylation is 1. The van der Waals surface area contributed by atoms with E-state index in [1.807, 2.05) is 19.9 Å². The van der Waals surface area contributed by atoms with Crippen LogP contribution in [-0.2, 0) is 6.54 Å². The molecule has 16 heavy (non-hydrogen) atoms. The number of Topliss-reactive ketones (excluding diaryl/α,β-unsaturated/α-hetero) is 1. The van der Waals surface area contributed by atoms with Crippen LogP contribution in [-0.4, -0.2) is 27.6 Å². The summed E-state index contributed by atoms with van der Waals surface area (Å²) in [7, 11) is 0. The Bertz CT molecular complexity index is 377. The Labute approximate surface area is 96.0 Å². The summed E-state index contributed by atoms with van der Waals surface area (Å²) in [4.78, 5) is 12.4. The van der Waals surface area contributed by atoms with Gasteiger partial charge in [-0.25, -0.2) is 0 Å². The van der Waals surface area contributed by atoms with Gasteiger partial charge in [0.25, 0.3) is 0 Å². The van der Waals surface area contributed by atoms with Gasteiger partial charge in [0, 0.05) is 12.7 Å². The van der Waals surface area contributed by atoms with Crippen LogP contribution in [0, 0.1) is 0 Å². The zero-order valence-corrected chi connectivity index (χ0v) is 9.99. The Kier molecular flexibility index (Phi) is 3.10. The zero-order chi connectivity index (χ0) is 11.6. The SMILES string of the molecule is CCn1nccc1C(=O)C1(C)CCCCN1. The molecule has 0 aliphatic carbocycles. The van der Waals surface area contributed by atoms with Crippen molar-refractivity contribution in [1.29, 1.82) is 0 Å². The third-order valence-electron chi connectivity index (χ3n) is 3.37. The molecule has 2 heterocycles. The van der Waals surface area contributed by atoms with Crippen molar-refractivity contribution in [3.63, 3.8) is 0 Å². The lowest BCUT2D eigenvalue weighted by atomic mass is 9.85. The van der Waals surface area contributed by atoms with E-state index in [0.29, 0.717) is 0 Å². The minimum Gasteiger partial charge on any atom is -0.305 e. The summed E-state index contributed by atoms with van der Waals surface area (Å²) >= 11 is 0. The van der Waals surface area contributed by atoms with E-state index in [-0.39, 0.29) is 5.78 Å². The van der Waals surface area contributed by atoms with Crippen molar-refractivity contribution in [2.45, 2.75) is 45.2 Å². The lowest BCUT2D eigenvalue weighted by Gasteiger charge is -2.33. The molecule has 1 saturated heterocycles. The van der Waals surface area contributed by atoms with Crippen molar-refractivity contribution < 1.29 is 4.79 Å². The largest absolute Gasteiger partial charge is 0.305 e. The van der Waals surface area contributed by atoms with E-state index in [1.165, 1.54) is 0 Å². The van der Waals surface area contributed by atoms with Gasteiger partial charge in [0.1, 0.15) is 5.69 Å². The highest BCUT2D eigenvalue weighted by Crippen LogP contribution is 2.23. The summed E-state index contributed by atoms with van der Waals surface area (Å²) in [5, 5.41) is 7.49. The molecular weight excluding hydrogens is 202 g/mol. The summed E-state index contributed by atoms with van der Waals surface area (Å²) < 4.78 is 1.77. The molecule has 0 radical (unpaired) electrons. The molecule has 0 amide bonds. The van der Waals surface area contributed by atoms with Crippen molar-refractivity contribution in [1.82, 2.24) is 15.1 Å². The monoisotopic (exact) mass is 221 g/mol. The Hall–Kier alpha value is -1.16. The van der Waals surface area contributed by atoms with E-state index in [0.717, 1.165) is 38.0 Å². The molecule has 1 fully saturated rings. The fraction of sp³-hybridized carbons (Fsp3) is 0.667. The van der Waals surface area contributed by atoms with E-state index in [4.69, 9.17) is 0 Å². The summed E-state index contributed by atoms with van der Waals surface area (Å²) in [5.74, 6) is 0.173. The van der Waals surface area contributed by atoms with Gasteiger partial charge in [-0.15, -0.1) is 0 Å². The molecular formula is C12H19N3O. The molecule has 88 valence electrons. The number of ketones is 1. The van der Waals surface area contributed by atoms with Gasteiger partial charge in [-0.3, -0.25) is 9.48 Å². The van der Waals surface area contributed by atoms with Crippen molar-refractivity contribution >= 4 is 5.78 Å². The standard InChI is InChI=1S/C12H19N3O/c1-3-15-10(6-9-14-15)11(16)12(2)7-4-5-8-13-12/h6,9,13H,3-5,7-8H2,1-2H3. The smallest absolute Gasteiger partial charge is 0.200 e. The van der Waals surface area contributed by atoms with Crippen molar-refractivity contribution in [3.05, 3.63) is 18.0 Å². The van der Waals surface area contributed by atoms with Gasteiger partial charge in [0.15, 0.2) is 0 Å². The molecule has 1 N–H and O–H groups in total. The fourth-order valence-electron chi connectivity index (χ4n) is 2.31. The van der Waals surface area contributed by atoms with Crippen LogP contribution in [0.2, 0.25) is 0 Å². The molecule has 1 atom stereocenters. The number of rotatable bonds is 3. The molecule has 0 aromatic carbocycles. The molecule has 1 aliphatic heterocycles. The maximum atomic E-state index is 12.4. The van der Waals surface area contributed by atoms with Crippen LogP contribution in [0.3, 0.4) is 0 Å². The summed E-state index contributed by atoms with van der Waals surface area (Å²) in [6.45, 7) is 5.68. The number of nitrogens with one attached hydrogen (secondary N) is 1. The highest BCUT2D eigenvalue weighted by Gasteiger charge is 2.36. The first kappa shape index (κ1) is 11.3. The van der Waals surface area contributed by atoms with Gasteiger partial charge in [-0.05, 0) is 45.7 Å². The second-order valence-electron chi connectivity index (χ2n) is 4.58. The average molecular weight is 221 g/mol. The van der Waals surface area contributed by atoms with E-state index in [1.54, 1.807) is 10.9 Å². The third kappa shape index (κ3) is 1.89. The van der Waals surface area contributed by atoms with E-state index >= 15 is 0 Å². The summed E-state index contributed by atoms with van der Waals surface area (Å²) in [6.07, 6.45) is 4.90. The molecule has 1 aromatic rings. The topological polar surface area (TPSA) is 46.9 Å². The second kappa shape index (κ2) is 4.37. The maximum Gasteiger partial charge on any atom is 0.200 e. The van der Waals surface area contributed by atoms with Crippen LogP contribution < -0.4 is 5.32 Å². The van der Waals surface area contributed by atoms with Crippen LogP contribution in [0.25, 0.3) is 0 Å². The maximum absolute atomic E-state index is 12.4. The highest BCUT2D eigenvalue weighted by atomic mass is 16.1. The number of hydrogen-bond donors (Lipinski definition) is 1. The average Bonchev–Trinajstić information content (AvgIpc) is 2.77. The minimum absolute atomic E-state index is 0.173. The summed E-state index contributed by atoms with van der Waals surface area (Å²) in [5.41, 5.74) is 0.324. The van der Waals surface area contributed by atoms with Crippen molar-refractivity contribution in [3.8, 4) is 0 Å². The fourth-order valence-corrected chi connectivity index (χ4v) is 2.31. The lowest BCUT2D eigenvalue weighted by molar-refractivity contribution is 0.0823. The second-order valence-corrected chi connectivity index (χ2v) is 4.58. The molecule has 0 bridgehead atoms. The Morgan fingerprint density at radius 3 is 3.06 bits per heavy atom. The number of carbonyl (C=O) groups excluding carboxylic acids is 1. The third-order valence-corrected chi connectivity index (χ3v) is 3.37. The molecule has 4 heteroatoms. The van der Waals surface area contributed by atoms with Crippen LogP contribution in [0.4, 0.5) is 0 Å². The number of aromatic nitrogens is 2. The molecule has 4 nitrogen and oxygen atoms in total. The normalized spacial score (nSPS) is 25.6. The van der Waals surface area contributed by atoms with Crippen molar-refractivity contribution in [2.24, 2.45) is 0 Å². The van der Waals surface area contributed by atoms with Crippen molar-refractivity contribution in [2.75, 3.05) is 6.54 Å². The van der Waals surface area contributed by atoms with Gasteiger partial charge < -0.3 is 5.32 Å². The Morgan fingerprint density at radius 2 is 2.44 bits per heavy atom. The quantitative estimate of drug-likeness (QED) is 0.789. The molecule has 2 rings (SSSR count). The number of hydrogen-bond acceptors (Lipinski definition) is 3. The first-order valence-corrected chi connectivity index (χ1v) is 5.99. The molecule has 0 saturated carbocycles. The van der Waals surface area contributed by atoms with Crippen LogP contribution >= 0.6 is 0 Å². The van der Waals surface area contributed by atoms with Gasteiger partial charge in [-0.1, -0.05) is 0 Å². The predicted molar refractivity (Wildman–Crippen MR) is 62.5 cm³/mol. The first-order valence-electron chi connectivity index (χ1n) is 5.99. The van der Waals surface area contributed by atoms with Crippen LogP contribution in [0.5, 0.6) is 0 Å². The lowest BCUT2D eigenvalue weighted by Crippen LogP contribution is -2.52.